The van der Waals surface area contributed by atoms with Gasteiger partial charge < -0.3 is 35.1 Å². The zero-order chi connectivity index (χ0) is 22.2. The minimum absolute atomic E-state index is 0.400. The Balaban J connectivity index is 1.34. The second-order valence-corrected chi connectivity index (χ2v) is 7.68. The Kier molecular flexibility index (Phi) is 5.39. The molecular formula is C21H24N6O5. The second-order valence-electron chi connectivity index (χ2n) is 7.68. The number of aliphatic hydroxyl groups is 3. The van der Waals surface area contributed by atoms with Gasteiger partial charge in [0, 0.05) is 23.6 Å². The van der Waals surface area contributed by atoms with E-state index in [9.17, 15) is 15.3 Å². The largest absolute Gasteiger partial charge is 0.497 e. The van der Waals surface area contributed by atoms with E-state index in [4.69, 9.17) is 9.47 Å². The number of aromatic nitrogens is 5. The lowest BCUT2D eigenvalue weighted by atomic mass is 10.1. The molecule has 11 nitrogen and oxygen atoms in total. The third kappa shape index (κ3) is 3.45. The Hall–Kier alpha value is -3.25. The van der Waals surface area contributed by atoms with Crippen LogP contribution >= 0.6 is 0 Å². The second kappa shape index (κ2) is 8.36. The number of methoxy groups -OCH3 is 1. The number of rotatable bonds is 7. The third-order valence-electron chi connectivity index (χ3n) is 5.81. The standard InChI is InChI=1S/C21H24N6O5/c1-31-12-2-3-14-13(6-12)11(7-23-14)4-5-22-19-16-20(25-9-24-19)27(10-26-16)21-18(30)17(29)15(8-28)32-21/h2-3,6-7,9-10,15,17-18,21,23,28-30H,4-5,8H2,1H3,(H,22,24,25)/t15-,17-,18-,21-/m1/s1. The van der Waals surface area contributed by atoms with Crippen LogP contribution in [0.25, 0.3) is 22.1 Å². The van der Waals surface area contributed by atoms with Gasteiger partial charge in [0.25, 0.3) is 0 Å². The van der Waals surface area contributed by atoms with Crippen molar-refractivity contribution >= 4 is 27.9 Å². The maximum Gasteiger partial charge on any atom is 0.167 e. The summed E-state index contributed by atoms with van der Waals surface area (Å²) < 4.78 is 12.5. The number of ether oxygens (including phenoxy) is 2. The van der Waals surface area contributed by atoms with Crippen molar-refractivity contribution < 1.29 is 24.8 Å². The van der Waals surface area contributed by atoms with E-state index in [1.54, 1.807) is 7.11 Å². The minimum atomic E-state index is -1.21. The summed E-state index contributed by atoms with van der Waals surface area (Å²) >= 11 is 0. The van der Waals surface area contributed by atoms with Gasteiger partial charge in [-0.05, 0) is 30.2 Å². The Bertz CT molecular complexity index is 1240. The fourth-order valence-electron chi connectivity index (χ4n) is 4.08. The van der Waals surface area contributed by atoms with Gasteiger partial charge in [-0.1, -0.05) is 0 Å². The van der Waals surface area contributed by atoms with Gasteiger partial charge in [-0.3, -0.25) is 4.57 Å². The Morgan fingerprint density at radius 2 is 2.09 bits per heavy atom. The van der Waals surface area contributed by atoms with Crippen molar-refractivity contribution in [3.8, 4) is 5.75 Å². The molecule has 3 aromatic heterocycles. The number of aromatic amines is 1. The average Bonchev–Trinajstić information content (AvgIpc) is 3.50. The van der Waals surface area contributed by atoms with E-state index in [0.29, 0.717) is 23.5 Å². The first-order valence-corrected chi connectivity index (χ1v) is 10.3. The number of imidazole rings is 1. The molecule has 0 saturated carbocycles. The summed E-state index contributed by atoms with van der Waals surface area (Å²) in [6, 6.07) is 5.91. The van der Waals surface area contributed by atoms with Crippen molar-refractivity contribution in [3.63, 3.8) is 0 Å². The number of hydrogen-bond acceptors (Lipinski definition) is 9. The minimum Gasteiger partial charge on any atom is -0.497 e. The maximum absolute atomic E-state index is 10.3. The number of nitrogens with one attached hydrogen (secondary N) is 2. The summed E-state index contributed by atoms with van der Waals surface area (Å²) in [6.07, 6.45) is 1.42. The maximum atomic E-state index is 10.3. The Labute approximate surface area is 182 Å². The molecular weight excluding hydrogens is 416 g/mol. The van der Waals surface area contributed by atoms with Crippen LogP contribution in [-0.4, -0.2) is 78.4 Å². The molecule has 1 aromatic carbocycles. The monoisotopic (exact) mass is 440 g/mol. The first-order chi connectivity index (χ1) is 15.6. The molecule has 11 heteroatoms. The highest BCUT2D eigenvalue weighted by Gasteiger charge is 2.44. The number of H-pyrrole nitrogens is 1. The predicted octanol–water partition coefficient (Wildman–Crippen LogP) is 0.582. The number of nitrogens with zero attached hydrogens (tertiary/aromatic N) is 4. The van der Waals surface area contributed by atoms with Crippen molar-refractivity contribution in [2.45, 2.75) is 31.0 Å². The van der Waals surface area contributed by atoms with Gasteiger partial charge >= 0.3 is 0 Å². The van der Waals surface area contributed by atoms with Crippen molar-refractivity contribution in [1.82, 2.24) is 24.5 Å². The molecule has 4 atom stereocenters. The van der Waals surface area contributed by atoms with Gasteiger partial charge in [-0.2, -0.15) is 0 Å². The Morgan fingerprint density at radius 3 is 2.88 bits per heavy atom. The Morgan fingerprint density at radius 1 is 1.22 bits per heavy atom. The van der Waals surface area contributed by atoms with E-state index >= 15 is 0 Å². The molecule has 168 valence electrons. The van der Waals surface area contributed by atoms with Crippen LogP contribution in [0, 0.1) is 0 Å². The van der Waals surface area contributed by atoms with Crippen LogP contribution < -0.4 is 10.1 Å². The molecule has 0 aliphatic carbocycles. The SMILES string of the molecule is COc1ccc2[nH]cc(CCNc3ncnc4c3ncn4[C@@H]3O[C@H](CO)[C@@H](O)[C@H]3O)c2c1. The van der Waals surface area contributed by atoms with Crippen molar-refractivity contribution in [3.05, 3.63) is 42.6 Å². The first kappa shape index (κ1) is 20.6. The molecule has 5 rings (SSSR count). The highest BCUT2D eigenvalue weighted by molar-refractivity contribution is 5.85. The number of hydrogen-bond donors (Lipinski definition) is 5. The lowest BCUT2D eigenvalue weighted by Crippen LogP contribution is -2.33. The van der Waals surface area contributed by atoms with E-state index < -0.39 is 31.1 Å². The van der Waals surface area contributed by atoms with Crippen LogP contribution in [0.3, 0.4) is 0 Å². The smallest absolute Gasteiger partial charge is 0.167 e. The van der Waals surface area contributed by atoms with Crippen molar-refractivity contribution in [2.24, 2.45) is 0 Å². The molecule has 0 unspecified atom stereocenters. The first-order valence-electron chi connectivity index (χ1n) is 10.3. The van der Waals surface area contributed by atoms with Crippen LogP contribution in [0.5, 0.6) is 5.75 Å². The van der Waals surface area contributed by atoms with E-state index in [-0.39, 0.29) is 0 Å². The lowest BCUT2D eigenvalue weighted by molar-refractivity contribution is -0.0511. The molecule has 0 spiro atoms. The summed E-state index contributed by atoms with van der Waals surface area (Å²) in [4.78, 5) is 16.2. The normalized spacial score (nSPS) is 23.2. The summed E-state index contributed by atoms with van der Waals surface area (Å²) in [5.41, 5.74) is 3.16. The van der Waals surface area contributed by atoms with Crippen molar-refractivity contribution in [1.29, 1.82) is 0 Å². The van der Waals surface area contributed by atoms with E-state index in [1.807, 2.05) is 24.4 Å². The summed E-state index contributed by atoms with van der Waals surface area (Å²) in [7, 11) is 1.65. The molecule has 0 amide bonds. The summed E-state index contributed by atoms with van der Waals surface area (Å²) in [5, 5.41) is 34.1. The van der Waals surface area contributed by atoms with Gasteiger partial charge in [0.15, 0.2) is 23.2 Å². The fraction of sp³-hybridized carbons (Fsp3) is 0.381. The molecule has 1 fully saturated rings. The topological polar surface area (TPSA) is 151 Å². The van der Waals surface area contributed by atoms with Gasteiger partial charge in [0.1, 0.15) is 30.4 Å². The average molecular weight is 440 g/mol. The summed E-state index contributed by atoms with van der Waals surface area (Å²) in [5.74, 6) is 1.36. The zero-order valence-electron chi connectivity index (χ0n) is 17.3. The van der Waals surface area contributed by atoms with Gasteiger partial charge in [-0.15, -0.1) is 0 Å². The third-order valence-corrected chi connectivity index (χ3v) is 5.81. The van der Waals surface area contributed by atoms with E-state index in [0.717, 1.165) is 28.6 Å². The van der Waals surface area contributed by atoms with Gasteiger partial charge in [-0.25, -0.2) is 15.0 Å². The van der Waals surface area contributed by atoms with Gasteiger partial charge in [0.05, 0.1) is 20.0 Å². The van der Waals surface area contributed by atoms with Crippen LogP contribution in [0.2, 0.25) is 0 Å². The van der Waals surface area contributed by atoms with Gasteiger partial charge in [0.2, 0.25) is 0 Å². The zero-order valence-corrected chi connectivity index (χ0v) is 17.3. The highest BCUT2D eigenvalue weighted by Crippen LogP contribution is 2.32. The number of aliphatic hydroxyl groups excluding tert-OH is 3. The number of anilines is 1. The van der Waals surface area contributed by atoms with E-state index in [2.05, 4.69) is 25.3 Å². The molecule has 0 radical (unpaired) electrons. The molecule has 1 aliphatic heterocycles. The lowest BCUT2D eigenvalue weighted by Gasteiger charge is -2.16. The van der Waals surface area contributed by atoms with Crippen LogP contribution in [0.1, 0.15) is 11.8 Å². The number of benzene rings is 1. The molecule has 0 bridgehead atoms. The highest BCUT2D eigenvalue weighted by atomic mass is 16.6. The molecule has 4 aromatic rings. The molecule has 4 heterocycles. The molecule has 32 heavy (non-hydrogen) atoms. The van der Waals surface area contributed by atoms with Crippen LogP contribution in [0.4, 0.5) is 5.82 Å². The molecule has 5 N–H and O–H groups in total. The quantitative estimate of drug-likeness (QED) is 0.278. The van der Waals surface area contributed by atoms with Crippen LogP contribution in [0.15, 0.2) is 37.1 Å². The summed E-state index contributed by atoms with van der Waals surface area (Å²) in [6.45, 7) is 0.208. The molecule has 1 saturated heterocycles. The van der Waals surface area contributed by atoms with Crippen molar-refractivity contribution in [2.75, 3.05) is 25.6 Å². The predicted molar refractivity (Wildman–Crippen MR) is 115 cm³/mol. The van der Waals surface area contributed by atoms with Crippen LogP contribution in [-0.2, 0) is 11.2 Å². The number of fused-ring (bicyclic) bond motifs is 2. The fourth-order valence-corrected chi connectivity index (χ4v) is 4.08. The molecule has 1 aliphatic rings. The van der Waals surface area contributed by atoms with E-state index in [1.165, 1.54) is 17.2 Å².